The van der Waals surface area contributed by atoms with Crippen LogP contribution < -0.4 is 10.0 Å². The van der Waals surface area contributed by atoms with Crippen LogP contribution in [0.25, 0.3) is 0 Å². The van der Waals surface area contributed by atoms with E-state index in [1.807, 2.05) is 11.6 Å². The Labute approximate surface area is 144 Å². The van der Waals surface area contributed by atoms with Gasteiger partial charge in [0.05, 0.1) is 4.90 Å². The molecule has 9 heteroatoms. The lowest BCUT2D eigenvalue weighted by atomic mass is 10.2. The molecular formula is C13H11Br2N3O3S. The van der Waals surface area contributed by atoms with Gasteiger partial charge in [0.15, 0.2) is 0 Å². The van der Waals surface area contributed by atoms with Crippen molar-refractivity contribution in [3.05, 3.63) is 51.2 Å². The summed E-state index contributed by atoms with van der Waals surface area (Å²) in [7, 11) is -3.92. The maximum Gasteiger partial charge on any atom is 0.333 e. The zero-order valence-electron chi connectivity index (χ0n) is 11.3. The summed E-state index contributed by atoms with van der Waals surface area (Å²) in [4.78, 5) is 15.9. The van der Waals surface area contributed by atoms with Crippen molar-refractivity contribution in [2.24, 2.45) is 0 Å². The third kappa shape index (κ3) is 4.52. The molecule has 0 unspecified atom stereocenters. The van der Waals surface area contributed by atoms with E-state index in [0.717, 1.165) is 5.56 Å². The zero-order valence-corrected chi connectivity index (χ0v) is 15.3. The van der Waals surface area contributed by atoms with Crippen LogP contribution in [0, 0.1) is 6.92 Å². The summed E-state index contributed by atoms with van der Waals surface area (Å²) in [6.07, 6.45) is 0. The average Bonchev–Trinajstić information content (AvgIpc) is 2.36. The van der Waals surface area contributed by atoms with Crippen molar-refractivity contribution in [2.75, 3.05) is 5.32 Å². The first-order valence-electron chi connectivity index (χ1n) is 6.00. The number of benzene rings is 1. The first-order chi connectivity index (χ1) is 10.3. The number of nitrogens with zero attached hydrogens (tertiary/aromatic N) is 1. The summed E-state index contributed by atoms with van der Waals surface area (Å²) in [6, 6.07) is 8.42. The number of aryl methyl sites for hydroxylation is 1. The molecule has 0 saturated heterocycles. The molecule has 1 aromatic carbocycles. The number of amides is 2. The monoisotopic (exact) mass is 447 g/mol. The molecule has 1 aromatic heterocycles. The third-order valence-corrected chi connectivity index (χ3v) is 4.74. The molecule has 0 aliphatic carbocycles. The fourth-order valence-corrected chi connectivity index (χ4v) is 3.61. The third-order valence-electron chi connectivity index (χ3n) is 2.58. The van der Waals surface area contributed by atoms with E-state index in [1.165, 1.54) is 12.1 Å². The number of rotatable bonds is 3. The highest BCUT2D eigenvalue weighted by Gasteiger charge is 2.17. The van der Waals surface area contributed by atoms with E-state index in [2.05, 4.69) is 42.2 Å². The van der Waals surface area contributed by atoms with Crippen LogP contribution in [0.2, 0.25) is 0 Å². The SMILES string of the molecule is Cc1ccc(S(=O)(=O)NC(=O)Nc2cc(Br)nc(Br)c2)cc1. The van der Waals surface area contributed by atoms with Crippen molar-refractivity contribution < 1.29 is 13.2 Å². The van der Waals surface area contributed by atoms with Crippen molar-refractivity contribution in [1.82, 2.24) is 9.71 Å². The molecule has 0 bridgehead atoms. The topological polar surface area (TPSA) is 88.2 Å². The van der Waals surface area contributed by atoms with Crippen molar-refractivity contribution in [3.8, 4) is 0 Å². The summed E-state index contributed by atoms with van der Waals surface area (Å²) >= 11 is 6.35. The number of urea groups is 1. The summed E-state index contributed by atoms with van der Waals surface area (Å²) in [6.45, 7) is 1.84. The quantitative estimate of drug-likeness (QED) is 0.704. The summed E-state index contributed by atoms with van der Waals surface area (Å²) in [5.74, 6) is 0. The van der Waals surface area contributed by atoms with Gasteiger partial charge < -0.3 is 5.32 Å². The van der Waals surface area contributed by atoms with Gasteiger partial charge in [-0.25, -0.2) is 22.9 Å². The molecule has 2 N–H and O–H groups in total. The van der Waals surface area contributed by atoms with Gasteiger partial charge in [-0.05, 0) is 63.0 Å². The lowest BCUT2D eigenvalue weighted by Crippen LogP contribution is -2.34. The number of halogens is 2. The van der Waals surface area contributed by atoms with Crippen LogP contribution >= 0.6 is 31.9 Å². The number of anilines is 1. The molecule has 22 heavy (non-hydrogen) atoms. The number of sulfonamides is 1. The van der Waals surface area contributed by atoms with Gasteiger partial charge in [-0.15, -0.1) is 0 Å². The molecule has 0 aliphatic rings. The number of aromatic nitrogens is 1. The van der Waals surface area contributed by atoms with Crippen LogP contribution in [-0.2, 0) is 10.0 Å². The molecule has 0 saturated carbocycles. The minimum atomic E-state index is -3.92. The molecule has 0 spiro atoms. The van der Waals surface area contributed by atoms with E-state index < -0.39 is 16.1 Å². The molecule has 0 radical (unpaired) electrons. The number of hydrogen-bond donors (Lipinski definition) is 2. The highest BCUT2D eigenvalue weighted by molar-refractivity contribution is 9.11. The Morgan fingerprint density at radius 3 is 2.18 bits per heavy atom. The van der Waals surface area contributed by atoms with E-state index in [0.29, 0.717) is 14.9 Å². The number of pyridine rings is 1. The van der Waals surface area contributed by atoms with Crippen molar-refractivity contribution >= 4 is 53.6 Å². The van der Waals surface area contributed by atoms with Gasteiger partial charge in [-0.3, -0.25) is 0 Å². The molecule has 6 nitrogen and oxygen atoms in total. The number of carbonyl (C=O) groups excluding carboxylic acids is 1. The van der Waals surface area contributed by atoms with Crippen LogP contribution in [0.4, 0.5) is 10.5 Å². The number of hydrogen-bond acceptors (Lipinski definition) is 4. The molecule has 0 aliphatic heterocycles. The molecule has 2 rings (SSSR count). The first kappa shape index (κ1) is 16.9. The minimum absolute atomic E-state index is 0.0188. The van der Waals surface area contributed by atoms with Crippen molar-refractivity contribution in [2.45, 2.75) is 11.8 Å². The Kier molecular flexibility index (Phi) is 5.20. The standard InChI is InChI=1S/C13H11Br2N3O3S/c1-8-2-4-10(5-3-8)22(20,21)18-13(19)16-9-6-11(14)17-12(15)7-9/h2-7H,1H3,(H2,16,17,18,19). The van der Waals surface area contributed by atoms with Crippen LogP contribution in [-0.4, -0.2) is 19.4 Å². The smallest absolute Gasteiger partial charge is 0.307 e. The maximum atomic E-state index is 12.1. The van der Waals surface area contributed by atoms with Crippen LogP contribution in [0.3, 0.4) is 0 Å². The molecule has 2 aromatic rings. The second-order valence-corrected chi connectivity index (χ2v) is 7.68. The lowest BCUT2D eigenvalue weighted by Gasteiger charge is -2.09. The van der Waals surface area contributed by atoms with Crippen molar-refractivity contribution in [1.29, 1.82) is 0 Å². The molecule has 2 amide bonds. The second-order valence-electron chi connectivity index (χ2n) is 4.37. The van der Waals surface area contributed by atoms with Crippen molar-refractivity contribution in [3.63, 3.8) is 0 Å². The van der Waals surface area contributed by atoms with E-state index in [4.69, 9.17) is 0 Å². The van der Waals surface area contributed by atoms with Gasteiger partial charge in [0.2, 0.25) is 0 Å². The predicted molar refractivity (Wildman–Crippen MR) is 90.2 cm³/mol. The number of nitrogens with one attached hydrogen (secondary N) is 2. The molecular weight excluding hydrogens is 438 g/mol. The summed E-state index contributed by atoms with van der Waals surface area (Å²) < 4.78 is 27.1. The summed E-state index contributed by atoms with van der Waals surface area (Å²) in [5, 5.41) is 2.43. The Morgan fingerprint density at radius 1 is 1.09 bits per heavy atom. The normalized spacial score (nSPS) is 11.0. The molecule has 0 atom stereocenters. The average molecular weight is 449 g/mol. The van der Waals surface area contributed by atoms with Crippen LogP contribution in [0.15, 0.2) is 50.5 Å². The number of carbonyl (C=O) groups is 1. The van der Waals surface area contributed by atoms with Gasteiger partial charge in [-0.2, -0.15) is 0 Å². The minimum Gasteiger partial charge on any atom is -0.307 e. The largest absolute Gasteiger partial charge is 0.333 e. The van der Waals surface area contributed by atoms with Gasteiger partial charge >= 0.3 is 6.03 Å². The fourth-order valence-electron chi connectivity index (χ4n) is 1.59. The van der Waals surface area contributed by atoms with Crippen LogP contribution in [0.5, 0.6) is 0 Å². The fraction of sp³-hybridized carbons (Fsp3) is 0.0769. The molecule has 116 valence electrons. The second kappa shape index (κ2) is 6.76. The Balaban J connectivity index is 2.12. The molecule has 1 heterocycles. The Morgan fingerprint density at radius 2 is 1.64 bits per heavy atom. The van der Waals surface area contributed by atoms with E-state index in [-0.39, 0.29) is 4.90 Å². The lowest BCUT2D eigenvalue weighted by molar-refractivity contribution is 0.256. The predicted octanol–water partition coefficient (Wildman–Crippen LogP) is 3.43. The highest BCUT2D eigenvalue weighted by Crippen LogP contribution is 2.19. The van der Waals surface area contributed by atoms with E-state index in [1.54, 1.807) is 24.3 Å². The van der Waals surface area contributed by atoms with Gasteiger partial charge in [0, 0.05) is 5.69 Å². The molecule has 0 fully saturated rings. The van der Waals surface area contributed by atoms with Gasteiger partial charge in [0.1, 0.15) is 9.21 Å². The van der Waals surface area contributed by atoms with Crippen LogP contribution in [0.1, 0.15) is 5.56 Å². The maximum absolute atomic E-state index is 12.1. The Hall–Kier alpha value is -1.45. The van der Waals surface area contributed by atoms with E-state index in [9.17, 15) is 13.2 Å². The first-order valence-corrected chi connectivity index (χ1v) is 9.07. The Bertz CT molecular complexity index is 788. The summed E-state index contributed by atoms with van der Waals surface area (Å²) in [5.41, 5.74) is 1.32. The van der Waals surface area contributed by atoms with Gasteiger partial charge in [0.25, 0.3) is 10.0 Å². The zero-order chi connectivity index (χ0) is 16.3. The van der Waals surface area contributed by atoms with Gasteiger partial charge in [-0.1, -0.05) is 17.7 Å². The van der Waals surface area contributed by atoms with E-state index >= 15 is 0 Å². The highest BCUT2D eigenvalue weighted by atomic mass is 79.9.